The second kappa shape index (κ2) is 14.3. The Balaban J connectivity index is 0.000000631. The molecule has 0 atom stereocenters. The Bertz CT molecular complexity index is 1310. The highest BCUT2D eigenvalue weighted by Crippen LogP contribution is 2.29. The van der Waals surface area contributed by atoms with E-state index in [0.29, 0.717) is 44.3 Å². The Kier molecular flexibility index (Phi) is 10.9. The maximum atomic E-state index is 12.8. The van der Waals surface area contributed by atoms with Gasteiger partial charge in [0.25, 0.3) is 0 Å². The summed E-state index contributed by atoms with van der Waals surface area (Å²) in [7, 11) is -1.66. The van der Waals surface area contributed by atoms with Gasteiger partial charge in [-0.2, -0.15) is 4.31 Å². The van der Waals surface area contributed by atoms with E-state index in [1.54, 1.807) is 11.4 Å². The molecule has 0 unspecified atom stereocenters. The number of ether oxygens (including phenoxy) is 2. The largest absolute Gasteiger partial charge is 0.493 e. The van der Waals surface area contributed by atoms with Crippen molar-refractivity contribution < 1.29 is 37.7 Å². The highest BCUT2D eigenvalue weighted by Gasteiger charge is 2.27. The van der Waals surface area contributed by atoms with Crippen molar-refractivity contribution in [3.05, 3.63) is 95.6 Å². The van der Waals surface area contributed by atoms with Gasteiger partial charge in [0.15, 0.2) is 11.5 Å². The zero-order valence-corrected chi connectivity index (χ0v) is 22.4. The summed E-state index contributed by atoms with van der Waals surface area (Å²) >= 11 is 0. The van der Waals surface area contributed by atoms with Crippen molar-refractivity contribution >= 4 is 22.0 Å². The molecule has 2 N–H and O–H groups in total. The van der Waals surface area contributed by atoms with Crippen LogP contribution in [-0.2, 0) is 38.5 Å². The van der Waals surface area contributed by atoms with Gasteiger partial charge in [-0.05, 0) is 28.8 Å². The van der Waals surface area contributed by atoms with Crippen molar-refractivity contribution in [2.45, 2.75) is 18.9 Å². The van der Waals surface area contributed by atoms with Crippen LogP contribution in [0.5, 0.6) is 11.5 Å². The summed E-state index contributed by atoms with van der Waals surface area (Å²) in [5.41, 5.74) is 3.03. The fraction of sp³-hybridized carbons (Fsp3) is 0.286. The van der Waals surface area contributed by atoms with E-state index in [1.165, 1.54) is 0 Å². The fourth-order valence-corrected chi connectivity index (χ4v) is 5.48. The smallest absolute Gasteiger partial charge is 0.414 e. The predicted molar refractivity (Wildman–Crippen MR) is 145 cm³/mol. The van der Waals surface area contributed by atoms with Crippen LogP contribution in [0.3, 0.4) is 0 Å². The summed E-state index contributed by atoms with van der Waals surface area (Å²) in [6, 6.07) is 25.4. The van der Waals surface area contributed by atoms with E-state index < -0.39 is 22.0 Å². The molecule has 0 saturated carbocycles. The molecule has 39 heavy (non-hydrogen) atoms. The van der Waals surface area contributed by atoms with E-state index in [9.17, 15) is 8.42 Å². The number of rotatable bonds is 9. The molecule has 0 radical (unpaired) electrons. The molecule has 4 rings (SSSR count). The van der Waals surface area contributed by atoms with Crippen molar-refractivity contribution in [1.82, 2.24) is 9.21 Å². The number of methoxy groups -OCH3 is 1. The van der Waals surface area contributed by atoms with Crippen LogP contribution in [0.2, 0.25) is 0 Å². The van der Waals surface area contributed by atoms with Gasteiger partial charge in [-0.1, -0.05) is 66.7 Å². The Morgan fingerprint density at radius 3 is 1.87 bits per heavy atom. The molecule has 1 aliphatic rings. The van der Waals surface area contributed by atoms with Gasteiger partial charge in [-0.3, -0.25) is 4.90 Å². The predicted octanol–water partition coefficient (Wildman–Crippen LogP) is 3.08. The minimum Gasteiger partial charge on any atom is -0.493 e. The van der Waals surface area contributed by atoms with Crippen molar-refractivity contribution in [3.63, 3.8) is 0 Å². The number of carboxylic acid groups (broad SMARTS) is 2. The Morgan fingerprint density at radius 2 is 1.33 bits per heavy atom. The number of carbonyl (C=O) groups is 2. The summed E-state index contributed by atoms with van der Waals surface area (Å²) in [5.74, 6) is -2.19. The van der Waals surface area contributed by atoms with E-state index in [4.69, 9.17) is 29.3 Å². The van der Waals surface area contributed by atoms with Gasteiger partial charge in [0, 0.05) is 32.7 Å². The van der Waals surface area contributed by atoms with Crippen LogP contribution in [0.1, 0.15) is 16.7 Å². The first-order chi connectivity index (χ1) is 18.7. The number of hydrogen-bond donors (Lipinski definition) is 2. The van der Waals surface area contributed by atoms with Crippen LogP contribution >= 0.6 is 0 Å². The zero-order chi connectivity index (χ0) is 28.3. The van der Waals surface area contributed by atoms with Crippen molar-refractivity contribution in [2.24, 2.45) is 0 Å². The zero-order valence-electron chi connectivity index (χ0n) is 21.6. The Morgan fingerprint density at radius 1 is 0.769 bits per heavy atom. The molecular formula is C28H32N2O8S. The third-order valence-corrected chi connectivity index (χ3v) is 7.82. The van der Waals surface area contributed by atoms with Crippen LogP contribution in [0.15, 0.2) is 78.9 Å². The lowest BCUT2D eigenvalue weighted by Gasteiger charge is -2.34. The van der Waals surface area contributed by atoms with Gasteiger partial charge in [0.2, 0.25) is 10.0 Å². The van der Waals surface area contributed by atoms with E-state index >= 15 is 0 Å². The summed E-state index contributed by atoms with van der Waals surface area (Å²) in [5, 5.41) is 14.8. The molecule has 3 aromatic carbocycles. The van der Waals surface area contributed by atoms with Gasteiger partial charge in [0.1, 0.15) is 6.61 Å². The number of carboxylic acids is 2. The van der Waals surface area contributed by atoms with Gasteiger partial charge in [-0.25, -0.2) is 18.0 Å². The van der Waals surface area contributed by atoms with E-state index in [0.717, 1.165) is 23.2 Å². The number of aliphatic carboxylic acids is 2. The molecule has 10 nitrogen and oxygen atoms in total. The molecule has 0 aromatic heterocycles. The monoisotopic (exact) mass is 556 g/mol. The lowest BCUT2D eigenvalue weighted by molar-refractivity contribution is -0.159. The Hall–Kier alpha value is -3.93. The highest BCUT2D eigenvalue weighted by molar-refractivity contribution is 7.88. The minimum absolute atomic E-state index is 0.0511. The number of hydrogen-bond acceptors (Lipinski definition) is 7. The maximum Gasteiger partial charge on any atom is 0.414 e. The minimum atomic E-state index is -3.31. The quantitative estimate of drug-likeness (QED) is 0.382. The molecule has 208 valence electrons. The number of nitrogens with zero attached hydrogens (tertiary/aromatic N) is 2. The first-order valence-corrected chi connectivity index (χ1v) is 13.8. The van der Waals surface area contributed by atoms with Crippen LogP contribution in [0.4, 0.5) is 0 Å². The van der Waals surface area contributed by atoms with E-state index in [-0.39, 0.29) is 5.75 Å². The van der Waals surface area contributed by atoms with Crippen LogP contribution in [-0.4, -0.2) is 73.1 Å². The SMILES string of the molecule is COc1cc(CN2CCN(S(=O)(=O)Cc3ccccc3)CC2)ccc1OCc1ccccc1.O=C(O)C(=O)O. The summed E-state index contributed by atoms with van der Waals surface area (Å²) in [6.07, 6.45) is 0. The molecule has 0 amide bonds. The first-order valence-electron chi connectivity index (χ1n) is 12.2. The third kappa shape index (κ3) is 9.40. The van der Waals surface area contributed by atoms with Gasteiger partial charge in [-0.15, -0.1) is 0 Å². The molecule has 0 bridgehead atoms. The average Bonchev–Trinajstić information content (AvgIpc) is 2.93. The molecular weight excluding hydrogens is 524 g/mol. The van der Waals surface area contributed by atoms with E-state index in [1.807, 2.05) is 78.9 Å². The molecule has 1 saturated heterocycles. The van der Waals surface area contributed by atoms with Crippen molar-refractivity contribution in [3.8, 4) is 11.5 Å². The molecule has 3 aromatic rings. The lowest BCUT2D eigenvalue weighted by Crippen LogP contribution is -2.48. The Labute approximate surface area is 228 Å². The first kappa shape index (κ1) is 29.6. The standard InChI is InChI=1S/C26H30N2O4S.C2H2O4/c1-31-26-18-24(12-13-25(26)32-20-22-8-4-2-5-9-22)19-27-14-16-28(17-15-27)33(29,30)21-23-10-6-3-7-11-23;3-1(4)2(5)6/h2-13,18H,14-17,19-21H2,1H3;(H,3,4)(H,5,6). The lowest BCUT2D eigenvalue weighted by atomic mass is 10.1. The fourth-order valence-electron chi connectivity index (χ4n) is 3.97. The topological polar surface area (TPSA) is 134 Å². The summed E-state index contributed by atoms with van der Waals surface area (Å²) in [4.78, 5) is 20.5. The molecule has 1 heterocycles. The van der Waals surface area contributed by atoms with E-state index in [2.05, 4.69) is 4.90 Å². The second-order valence-corrected chi connectivity index (χ2v) is 10.8. The van der Waals surface area contributed by atoms with Crippen LogP contribution < -0.4 is 9.47 Å². The second-order valence-electron chi connectivity index (χ2n) is 8.79. The van der Waals surface area contributed by atoms with Crippen LogP contribution in [0.25, 0.3) is 0 Å². The molecule has 0 spiro atoms. The molecule has 0 aliphatic carbocycles. The molecule has 1 aliphatic heterocycles. The maximum absolute atomic E-state index is 12.8. The van der Waals surface area contributed by atoms with Crippen molar-refractivity contribution in [1.29, 1.82) is 0 Å². The molecule has 1 fully saturated rings. The number of piperazine rings is 1. The van der Waals surface area contributed by atoms with Gasteiger partial charge < -0.3 is 19.7 Å². The normalized spacial score (nSPS) is 14.1. The van der Waals surface area contributed by atoms with Crippen LogP contribution in [0, 0.1) is 0 Å². The average molecular weight is 557 g/mol. The molecule has 11 heteroatoms. The highest BCUT2D eigenvalue weighted by atomic mass is 32.2. The van der Waals surface area contributed by atoms with Gasteiger partial charge >= 0.3 is 11.9 Å². The number of benzene rings is 3. The number of sulfonamides is 1. The summed E-state index contributed by atoms with van der Waals surface area (Å²) < 4.78 is 38.7. The van der Waals surface area contributed by atoms with Crippen molar-refractivity contribution in [2.75, 3.05) is 33.3 Å². The summed E-state index contributed by atoms with van der Waals surface area (Å²) in [6.45, 7) is 3.62. The third-order valence-electron chi connectivity index (χ3n) is 5.97. The van der Waals surface area contributed by atoms with Gasteiger partial charge in [0.05, 0.1) is 12.9 Å².